The molecule has 0 heterocycles. The molecular formula is C14H10ClFO3. The van der Waals surface area contributed by atoms with Crippen molar-refractivity contribution in [3.63, 3.8) is 0 Å². The maximum Gasteiger partial charge on any atom is 0.307 e. The molecule has 2 aromatic rings. The lowest BCUT2D eigenvalue weighted by molar-refractivity contribution is -0.136. The minimum Gasteiger partial charge on any atom is -0.481 e. The Morgan fingerprint density at radius 3 is 2.53 bits per heavy atom. The van der Waals surface area contributed by atoms with Crippen LogP contribution >= 0.6 is 11.6 Å². The average Bonchev–Trinajstić information content (AvgIpc) is 2.34. The van der Waals surface area contributed by atoms with Crippen LogP contribution in [0, 0.1) is 5.82 Å². The summed E-state index contributed by atoms with van der Waals surface area (Å²) in [6, 6.07) is 10.2. The number of benzene rings is 2. The van der Waals surface area contributed by atoms with Gasteiger partial charge < -0.3 is 9.84 Å². The van der Waals surface area contributed by atoms with Crippen LogP contribution < -0.4 is 4.74 Å². The summed E-state index contributed by atoms with van der Waals surface area (Å²) in [6.07, 6.45) is -0.197. The molecule has 0 aliphatic heterocycles. The first kappa shape index (κ1) is 13.4. The van der Waals surface area contributed by atoms with Crippen LogP contribution in [0.15, 0.2) is 42.5 Å². The van der Waals surface area contributed by atoms with E-state index in [-0.39, 0.29) is 12.2 Å². The Hall–Kier alpha value is -2.07. The molecule has 2 aromatic carbocycles. The van der Waals surface area contributed by atoms with Crippen LogP contribution in [0.25, 0.3) is 0 Å². The van der Waals surface area contributed by atoms with E-state index in [1.807, 2.05) is 0 Å². The summed E-state index contributed by atoms with van der Waals surface area (Å²) < 4.78 is 18.3. The number of rotatable bonds is 4. The Kier molecular flexibility index (Phi) is 4.02. The van der Waals surface area contributed by atoms with Crippen molar-refractivity contribution in [3.8, 4) is 11.5 Å². The molecule has 3 nitrogen and oxygen atoms in total. The van der Waals surface area contributed by atoms with Crippen LogP contribution in [-0.2, 0) is 11.2 Å². The third kappa shape index (κ3) is 3.69. The Balaban J connectivity index is 2.28. The van der Waals surface area contributed by atoms with Crippen molar-refractivity contribution >= 4 is 17.6 Å². The molecule has 0 fully saturated rings. The lowest BCUT2D eigenvalue weighted by atomic mass is 10.1. The van der Waals surface area contributed by atoms with E-state index in [4.69, 9.17) is 21.4 Å². The first-order chi connectivity index (χ1) is 9.04. The van der Waals surface area contributed by atoms with E-state index in [0.29, 0.717) is 22.1 Å². The quantitative estimate of drug-likeness (QED) is 0.924. The third-order valence-electron chi connectivity index (χ3n) is 2.41. The lowest BCUT2D eigenvalue weighted by Gasteiger charge is -2.10. The normalized spacial score (nSPS) is 10.2. The highest BCUT2D eigenvalue weighted by atomic mass is 35.5. The number of hydrogen-bond donors (Lipinski definition) is 1. The van der Waals surface area contributed by atoms with Crippen LogP contribution in [0.3, 0.4) is 0 Å². The molecule has 0 saturated heterocycles. The second-order valence-electron chi connectivity index (χ2n) is 3.88. The maximum atomic E-state index is 12.8. The molecule has 0 atom stereocenters. The summed E-state index contributed by atoms with van der Waals surface area (Å²) in [4.78, 5) is 10.8. The minimum absolute atomic E-state index is 0.197. The van der Waals surface area contributed by atoms with Gasteiger partial charge in [0.2, 0.25) is 0 Å². The zero-order valence-electron chi connectivity index (χ0n) is 9.77. The largest absolute Gasteiger partial charge is 0.481 e. The first-order valence-corrected chi connectivity index (χ1v) is 5.86. The first-order valence-electron chi connectivity index (χ1n) is 5.48. The van der Waals surface area contributed by atoms with E-state index < -0.39 is 5.97 Å². The SMILES string of the molecule is O=C(O)Cc1cc(Cl)ccc1Oc1ccc(F)cc1. The number of ether oxygens (including phenoxy) is 1. The predicted octanol–water partition coefficient (Wildman–Crippen LogP) is 3.90. The Morgan fingerprint density at radius 1 is 1.21 bits per heavy atom. The molecule has 0 unspecified atom stereocenters. The molecule has 98 valence electrons. The fourth-order valence-corrected chi connectivity index (χ4v) is 1.77. The molecule has 0 aliphatic carbocycles. The van der Waals surface area contributed by atoms with Gasteiger partial charge in [-0.15, -0.1) is 0 Å². The highest BCUT2D eigenvalue weighted by Crippen LogP contribution is 2.28. The van der Waals surface area contributed by atoms with Gasteiger partial charge in [-0.3, -0.25) is 4.79 Å². The van der Waals surface area contributed by atoms with Crippen molar-refractivity contribution in [1.82, 2.24) is 0 Å². The van der Waals surface area contributed by atoms with Crippen molar-refractivity contribution in [2.45, 2.75) is 6.42 Å². The van der Waals surface area contributed by atoms with Crippen molar-refractivity contribution in [2.75, 3.05) is 0 Å². The van der Waals surface area contributed by atoms with Crippen LogP contribution in [0.1, 0.15) is 5.56 Å². The molecule has 19 heavy (non-hydrogen) atoms. The number of carboxylic acid groups (broad SMARTS) is 1. The van der Waals surface area contributed by atoms with E-state index in [9.17, 15) is 9.18 Å². The molecule has 0 saturated carbocycles. The molecule has 0 spiro atoms. The fraction of sp³-hybridized carbons (Fsp3) is 0.0714. The summed E-state index contributed by atoms with van der Waals surface area (Å²) in [5.41, 5.74) is 0.462. The monoisotopic (exact) mass is 280 g/mol. The van der Waals surface area contributed by atoms with E-state index in [2.05, 4.69) is 0 Å². The predicted molar refractivity (Wildman–Crippen MR) is 69.3 cm³/mol. The van der Waals surface area contributed by atoms with Crippen molar-refractivity contribution in [1.29, 1.82) is 0 Å². The van der Waals surface area contributed by atoms with Crippen molar-refractivity contribution in [2.24, 2.45) is 0 Å². The molecule has 1 N–H and O–H groups in total. The Morgan fingerprint density at radius 2 is 1.89 bits per heavy atom. The topological polar surface area (TPSA) is 46.5 Å². The van der Waals surface area contributed by atoms with Crippen LogP contribution in [-0.4, -0.2) is 11.1 Å². The number of carbonyl (C=O) groups is 1. The van der Waals surface area contributed by atoms with E-state index in [1.165, 1.54) is 30.3 Å². The summed E-state index contributed by atoms with van der Waals surface area (Å²) in [5.74, 6) is -0.533. The molecule has 0 amide bonds. The minimum atomic E-state index is -0.980. The second-order valence-corrected chi connectivity index (χ2v) is 4.31. The zero-order chi connectivity index (χ0) is 13.8. The van der Waals surface area contributed by atoms with Gasteiger partial charge in [0.15, 0.2) is 0 Å². The fourth-order valence-electron chi connectivity index (χ4n) is 1.58. The standard InChI is InChI=1S/C14H10ClFO3/c15-10-1-6-13(9(7-10)8-14(17)18)19-12-4-2-11(16)3-5-12/h1-7H,8H2,(H,17,18). The molecule has 5 heteroatoms. The number of hydrogen-bond acceptors (Lipinski definition) is 2. The molecule has 2 rings (SSSR count). The molecule has 0 bridgehead atoms. The summed E-state index contributed by atoms with van der Waals surface area (Å²) in [5, 5.41) is 9.27. The Labute approximate surface area is 114 Å². The molecule has 0 radical (unpaired) electrons. The van der Waals surface area contributed by atoms with Gasteiger partial charge >= 0.3 is 5.97 Å². The molecular weight excluding hydrogens is 271 g/mol. The van der Waals surface area contributed by atoms with Crippen LogP contribution in [0.2, 0.25) is 5.02 Å². The smallest absolute Gasteiger partial charge is 0.307 e. The molecule has 0 aromatic heterocycles. The summed E-state index contributed by atoms with van der Waals surface area (Å²) in [6.45, 7) is 0. The van der Waals surface area contributed by atoms with Gasteiger partial charge in [0.1, 0.15) is 17.3 Å². The van der Waals surface area contributed by atoms with Gasteiger partial charge in [0.25, 0.3) is 0 Å². The average molecular weight is 281 g/mol. The third-order valence-corrected chi connectivity index (χ3v) is 2.64. The van der Waals surface area contributed by atoms with Crippen molar-refractivity contribution < 1.29 is 19.0 Å². The number of aliphatic carboxylic acids is 1. The van der Waals surface area contributed by atoms with E-state index in [1.54, 1.807) is 12.1 Å². The van der Waals surface area contributed by atoms with Crippen LogP contribution in [0.5, 0.6) is 11.5 Å². The second kappa shape index (κ2) is 5.71. The number of halogens is 2. The number of carboxylic acids is 1. The van der Waals surface area contributed by atoms with E-state index >= 15 is 0 Å². The van der Waals surface area contributed by atoms with Gasteiger partial charge in [0.05, 0.1) is 6.42 Å². The van der Waals surface area contributed by atoms with E-state index in [0.717, 1.165) is 0 Å². The lowest BCUT2D eigenvalue weighted by Crippen LogP contribution is -2.02. The van der Waals surface area contributed by atoms with Gasteiger partial charge in [-0.25, -0.2) is 4.39 Å². The molecule has 0 aliphatic rings. The Bertz CT molecular complexity index is 596. The van der Waals surface area contributed by atoms with Gasteiger partial charge in [0, 0.05) is 10.6 Å². The summed E-state index contributed by atoms with van der Waals surface area (Å²) >= 11 is 5.83. The zero-order valence-corrected chi connectivity index (χ0v) is 10.5. The van der Waals surface area contributed by atoms with Gasteiger partial charge in [-0.1, -0.05) is 11.6 Å². The highest BCUT2D eigenvalue weighted by molar-refractivity contribution is 6.30. The van der Waals surface area contributed by atoms with Gasteiger partial charge in [-0.2, -0.15) is 0 Å². The highest BCUT2D eigenvalue weighted by Gasteiger charge is 2.10. The summed E-state index contributed by atoms with van der Waals surface area (Å²) in [7, 11) is 0. The van der Waals surface area contributed by atoms with Crippen molar-refractivity contribution in [3.05, 3.63) is 58.9 Å². The maximum absolute atomic E-state index is 12.8. The van der Waals surface area contributed by atoms with Crippen LogP contribution in [0.4, 0.5) is 4.39 Å². The van der Waals surface area contributed by atoms with Gasteiger partial charge in [-0.05, 0) is 42.5 Å².